The molecule has 5 heteroatoms. The number of halogens is 1. The Hall–Kier alpha value is -2.82. The minimum atomic E-state index is 0.436. The number of nitrogens with zero attached hydrogens (tertiary/aromatic N) is 3. The average molecular weight is 502 g/mol. The number of likely N-dealkylation sites (tertiary alicyclic amines) is 1. The molecule has 0 spiro atoms. The minimum absolute atomic E-state index is 0.436. The number of rotatable bonds is 10. The van der Waals surface area contributed by atoms with Crippen LogP contribution in [0.1, 0.15) is 42.6 Å². The van der Waals surface area contributed by atoms with Gasteiger partial charge in [0.25, 0.3) is 0 Å². The minimum Gasteiger partial charge on any atom is -0.486 e. The van der Waals surface area contributed by atoms with E-state index in [1.807, 2.05) is 24.3 Å². The van der Waals surface area contributed by atoms with Crippen molar-refractivity contribution in [3.8, 4) is 5.75 Å². The molecule has 2 heterocycles. The van der Waals surface area contributed by atoms with Crippen LogP contribution in [-0.4, -0.2) is 34.1 Å². The Labute approximate surface area is 219 Å². The van der Waals surface area contributed by atoms with Gasteiger partial charge in [-0.25, -0.2) is 4.98 Å². The number of hydrogen-bond donors (Lipinski definition) is 0. The normalized spacial score (nSPS) is 15.3. The van der Waals surface area contributed by atoms with Crippen LogP contribution >= 0.6 is 11.6 Å². The van der Waals surface area contributed by atoms with Crippen LogP contribution in [0.15, 0.2) is 72.8 Å². The second kappa shape index (κ2) is 11.9. The van der Waals surface area contributed by atoms with Gasteiger partial charge in [-0.15, -0.1) is 0 Å². The van der Waals surface area contributed by atoms with Gasteiger partial charge in [0.2, 0.25) is 0 Å². The molecule has 36 heavy (non-hydrogen) atoms. The number of fused-ring (bicyclic) bond motifs is 1. The number of aryl methyl sites for hydroxylation is 2. The molecule has 4 nitrogen and oxygen atoms in total. The molecule has 4 aromatic rings. The lowest BCUT2D eigenvalue weighted by molar-refractivity contribution is 0.187. The predicted octanol–water partition coefficient (Wildman–Crippen LogP) is 7.31. The zero-order valence-electron chi connectivity index (χ0n) is 21.2. The number of para-hydroxylation sites is 1. The van der Waals surface area contributed by atoms with Gasteiger partial charge in [-0.2, -0.15) is 0 Å². The maximum absolute atomic E-state index is 6.13. The van der Waals surface area contributed by atoms with Crippen LogP contribution in [0.3, 0.4) is 0 Å². The van der Waals surface area contributed by atoms with Crippen LogP contribution in [-0.2, 0) is 19.6 Å². The van der Waals surface area contributed by atoms with E-state index in [0.29, 0.717) is 17.5 Å². The van der Waals surface area contributed by atoms with Crippen LogP contribution in [0.5, 0.6) is 5.75 Å². The molecule has 1 atom stereocenters. The van der Waals surface area contributed by atoms with Gasteiger partial charge in [0, 0.05) is 18.1 Å². The predicted molar refractivity (Wildman–Crippen MR) is 149 cm³/mol. The molecule has 0 radical (unpaired) electrons. The van der Waals surface area contributed by atoms with Crippen molar-refractivity contribution in [2.24, 2.45) is 5.92 Å². The van der Waals surface area contributed by atoms with Crippen LogP contribution in [0.25, 0.3) is 11.0 Å². The van der Waals surface area contributed by atoms with Crippen molar-refractivity contribution >= 4 is 22.6 Å². The summed E-state index contributed by atoms with van der Waals surface area (Å²) in [5, 5.41) is 0.711. The molecule has 1 fully saturated rings. The van der Waals surface area contributed by atoms with Gasteiger partial charge in [-0.3, -0.25) is 0 Å². The summed E-state index contributed by atoms with van der Waals surface area (Å²) in [7, 11) is 0. The maximum Gasteiger partial charge on any atom is 0.148 e. The van der Waals surface area contributed by atoms with E-state index in [0.717, 1.165) is 43.0 Å². The van der Waals surface area contributed by atoms with Crippen LogP contribution in [0, 0.1) is 12.8 Å². The number of piperidine rings is 1. The Balaban J connectivity index is 1.36. The second-order valence-electron chi connectivity index (χ2n) is 10.1. The quantitative estimate of drug-likeness (QED) is 0.228. The first-order valence-electron chi connectivity index (χ1n) is 13.2. The van der Waals surface area contributed by atoms with Crippen molar-refractivity contribution < 1.29 is 4.74 Å². The lowest BCUT2D eigenvalue weighted by atomic mass is 9.94. The Kier molecular flexibility index (Phi) is 8.25. The fourth-order valence-corrected chi connectivity index (χ4v) is 5.52. The number of hydrogen-bond acceptors (Lipinski definition) is 3. The van der Waals surface area contributed by atoms with Crippen molar-refractivity contribution in [1.29, 1.82) is 0 Å². The summed E-state index contributed by atoms with van der Waals surface area (Å²) in [6, 6.07) is 25.0. The first kappa shape index (κ1) is 24.9. The van der Waals surface area contributed by atoms with Crippen LogP contribution in [0.2, 0.25) is 5.02 Å². The van der Waals surface area contributed by atoms with Gasteiger partial charge >= 0.3 is 0 Å². The molecule has 0 bridgehead atoms. The standard InChI is InChI=1S/C31H36ClN3O/c1-24-9-8-12-29-31(24)33-30(23-36-28-15-13-27(32)14-16-28)35(29)20-17-26(21-25-10-4-2-5-11-25)22-34-18-6-3-7-19-34/h2,4-5,8-16,26H,3,6-7,17-23H2,1H3. The second-order valence-corrected chi connectivity index (χ2v) is 10.5. The molecule has 0 aliphatic carbocycles. The Morgan fingerprint density at radius 1 is 0.917 bits per heavy atom. The molecular weight excluding hydrogens is 466 g/mol. The molecule has 1 aliphatic heterocycles. The van der Waals surface area contributed by atoms with E-state index < -0.39 is 0 Å². The summed E-state index contributed by atoms with van der Waals surface area (Å²) in [4.78, 5) is 7.70. The third-order valence-electron chi connectivity index (χ3n) is 7.33. The maximum atomic E-state index is 6.13. The molecule has 188 valence electrons. The van der Waals surface area contributed by atoms with Crippen LogP contribution < -0.4 is 4.74 Å². The topological polar surface area (TPSA) is 30.3 Å². The van der Waals surface area contributed by atoms with Gasteiger partial charge in [0.05, 0.1) is 11.0 Å². The highest BCUT2D eigenvalue weighted by Gasteiger charge is 2.19. The highest BCUT2D eigenvalue weighted by molar-refractivity contribution is 6.30. The van der Waals surface area contributed by atoms with Gasteiger partial charge in [0.1, 0.15) is 18.2 Å². The Morgan fingerprint density at radius 2 is 1.69 bits per heavy atom. The number of aromatic nitrogens is 2. The largest absolute Gasteiger partial charge is 0.486 e. The molecule has 1 aromatic heterocycles. The first-order chi connectivity index (χ1) is 17.7. The molecule has 1 unspecified atom stereocenters. The summed E-state index contributed by atoms with van der Waals surface area (Å²) >= 11 is 6.05. The van der Waals surface area contributed by atoms with E-state index >= 15 is 0 Å². The highest BCUT2D eigenvalue weighted by atomic mass is 35.5. The van der Waals surface area contributed by atoms with E-state index in [1.165, 1.54) is 49.0 Å². The molecule has 1 saturated heterocycles. The number of imidazole rings is 1. The van der Waals surface area contributed by atoms with Gasteiger partial charge in [-0.05, 0) is 93.1 Å². The molecule has 1 aliphatic rings. The lowest BCUT2D eigenvalue weighted by Gasteiger charge is -2.31. The molecule has 3 aromatic carbocycles. The van der Waals surface area contributed by atoms with E-state index in [-0.39, 0.29) is 0 Å². The third kappa shape index (κ3) is 6.29. The van der Waals surface area contributed by atoms with E-state index in [2.05, 4.69) is 64.9 Å². The number of ether oxygens (including phenoxy) is 1. The molecule has 5 rings (SSSR count). The fraction of sp³-hybridized carbons (Fsp3) is 0.387. The molecule has 0 saturated carbocycles. The van der Waals surface area contributed by atoms with Crippen molar-refractivity contribution in [3.63, 3.8) is 0 Å². The summed E-state index contributed by atoms with van der Waals surface area (Å²) < 4.78 is 8.51. The van der Waals surface area contributed by atoms with Crippen molar-refractivity contribution in [2.75, 3.05) is 19.6 Å². The van der Waals surface area contributed by atoms with Gasteiger partial charge < -0.3 is 14.2 Å². The Morgan fingerprint density at radius 3 is 2.47 bits per heavy atom. The zero-order valence-corrected chi connectivity index (χ0v) is 22.0. The smallest absolute Gasteiger partial charge is 0.148 e. The molecule has 0 N–H and O–H groups in total. The SMILES string of the molecule is Cc1cccc2c1nc(COc1ccc(Cl)cc1)n2CCC(Cc1ccccc1)CN1CCCCC1. The Bertz CT molecular complexity index is 1250. The highest BCUT2D eigenvalue weighted by Crippen LogP contribution is 2.25. The van der Waals surface area contributed by atoms with Gasteiger partial charge in [0.15, 0.2) is 0 Å². The average Bonchev–Trinajstić information content (AvgIpc) is 3.27. The summed E-state index contributed by atoms with van der Waals surface area (Å²) in [5.41, 5.74) is 4.90. The summed E-state index contributed by atoms with van der Waals surface area (Å²) in [6.07, 6.45) is 6.25. The monoisotopic (exact) mass is 501 g/mol. The summed E-state index contributed by atoms with van der Waals surface area (Å²) in [5.74, 6) is 2.38. The third-order valence-corrected chi connectivity index (χ3v) is 7.59. The van der Waals surface area contributed by atoms with E-state index in [4.69, 9.17) is 21.3 Å². The summed E-state index contributed by atoms with van der Waals surface area (Å²) in [6.45, 7) is 7.14. The van der Waals surface area contributed by atoms with Crippen molar-refractivity contribution in [2.45, 2.75) is 52.2 Å². The molecule has 0 amide bonds. The zero-order chi connectivity index (χ0) is 24.7. The van der Waals surface area contributed by atoms with E-state index in [9.17, 15) is 0 Å². The lowest BCUT2D eigenvalue weighted by Crippen LogP contribution is -2.35. The van der Waals surface area contributed by atoms with Crippen LogP contribution in [0.4, 0.5) is 0 Å². The number of benzene rings is 3. The van der Waals surface area contributed by atoms with Crippen molar-refractivity contribution in [3.05, 3.63) is 94.8 Å². The molecular formula is C31H36ClN3O. The first-order valence-corrected chi connectivity index (χ1v) is 13.6. The van der Waals surface area contributed by atoms with Crippen molar-refractivity contribution in [1.82, 2.24) is 14.5 Å². The fourth-order valence-electron chi connectivity index (χ4n) is 5.40. The van der Waals surface area contributed by atoms with Gasteiger partial charge in [-0.1, -0.05) is 60.5 Å². The van der Waals surface area contributed by atoms with E-state index in [1.54, 1.807) is 0 Å².